The maximum absolute atomic E-state index is 12.8. The van der Waals surface area contributed by atoms with Gasteiger partial charge in [-0.1, -0.05) is 19.1 Å². The second-order valence-corrected chi connectivity index (χ2v) is 9.08. The first-order chi connectivity index (χ1) is 18.0. The lowest BCUT2D eigenvalue weighted by atomic mass is 9.90. The number of nitrogens with two attached hydrogens (primary N) is 1. The lowest BCUT2D eigenvalue weighted by molar-refractivity contribution is -0.138. The quantitative estimate of drug-likeness (QED) is 0.253. The number of carbonyl (C=O) groups excluding carboxylic acids is 1. The zero-order chi connectivity index (χ0) is 27.4. The highest BCUT2D eigenvalue weighted by Gasteiger charge is 2.30. The van der Waals surface area contributed by atoms with Gasteiger partial charge in [-0.05, 0) is 73.5 Å². The van der Waals surface area contributed by atoms with Crippen LogP contribution in [0.4, 0.5) is 13.2 Å². The summed E-state index contributed by atoms with van der Waals surface area (Å²) in [6.07, 6.45) is -4.10. The molecule has 0 spiro atoms. The number of benzene rings is 3. The third-order valence-electron chi connectivity index (χ3n) is 6.29. The molecule has 3 aromatic carbocycles. The molecular formula is C28H26F3N3O4. The van der Waals surface area contributed by atoms with Crippen LogP contribution in [0.25, 0.3) is 16.7 Å². The van der Waals surface area contributed by atoms with Gasteiger partial charge in [0, 0.05) is 23.9 Å². The van der Waals surface area contributed by atoms with Crippen molar-refractivity contribution in [1.29, 1.82) is 0 Å². The first kappa shape index (κ1) is 26.7. The molecule has 4 aromatic rings. The molecule has 0 saturated heterocycles. The number of alkyl halides is 3. The first-order valence-corrected chi connectivity index (χ1v) is 12.0. The Morgan fingerprint density at radius 1 is 1.00 bits per heavy atom. The van der Waals surface area contributed by atoms with Crippen molar-refractivity contribution in [2.24, 2.45) is 11.7 Å². The number of aromatic nitrogens is 2. The number of hydrogen-bond donors (Lipinski definition) is 2. The molecule has 2 unspecified atom stereocenters. The van der Waals surface area contributed by atoms with E-state index in [1.54, 1.807) is 24.3 Å². The van der Waals surface area contributed by atoms with Gasteiger partial charge < -0.3 is 15.6 Å². The molecule has 38 heavy (non-hydrogen) atoms. The average molecular weight is 526 g/mol. The van der Waals surface area contributed by atoms with Gasteiger partial charge in [-0.3, -0.25) is 14.2 Å². The Morgan fingerprint density at radius 3 is 2.18 bits per heavy atom. The van der Waals surface area contributed by atoms with E-state index in [-0.39, 0.29) is 24.5 Å². The molecule has 0 aliphatic carbocycles. The second-order valence-electron chi connectivity index (χ2n) is 9.08. The van der Waals surface area contributed by atoms with Crippen molar-refractivity contribution in [3.05, 3.63) is 84.2 Å². The van der Waals surface area contributed by atoms with Crippen LogP contribution in [0.3, 0.4) is 0 Å². The Hall–Kier alpha value is -4.34. The maximum Gasteiger partial charge on any atom is 0.416 e. The van der Waals surface area contributed by atoms with E-state index < -0.39 is 29.5 Å². The predicted molar refractivity (Wildman–Crippen MR) is 135 cm³/mol. The number of para-hydroxylation sites is 2. The number of imidazole rings is 1. The van der Waals surface area contributed by atoms with Crippen molar-refractivity contribution in [3.8, 4) is 17.2 Å². The number of carboxylic acid groups (broad SMARTS) is 1. The van der Waals surface area contributed by atoms with E-state index in [0.29, 0.717) is 18.0 Å². The Bertz CT molecular complexity index is 1430. The minimum absolute atomic E-state index is 0.144. The van der Waals surface area contributed by atoms with E-state index in [9.17, 15) is 22.8 Å². The van der Waals surface area contributed by atoms with Gasteiger partial charge >= 0.3 is 12.1 Å². The van der Waals surface area contributed by atoms with Crippen molar-refractivity contribution >= 4 is 22.9 Å². The Morgan fingerprint density at radius 2 is 1.61 bits per heavy atom. The van der Waals surface area contributed by atoms with Gasteiger partial charge in [0.25, 0.3) is 0 Å². The van der Waals surface area contributed by atoms with E-state index in [1.165, 1.54) is 12.1 Å². The first-order valence-electron chi connectivity index (χ1n) is 12.0. The Balaban J connectivity index is 1.60. The van der Waals surface area contributed by atoms with E-state index >= 15 is 0 Å². The second kappa shape index (κ2) is 11.0. The zero-order valence-electron chi connectivity index (χ0n) is 20.5. The van der Waals surface area contributed by atoms with Crippen LogP contribution in [-0.4, -0.2) is 26.5 Å². The largest absolute Gasteiger partial charge is 0.481 e. The highest BCUT2D eigenvalue weighted by Crippen LogP contribution is 2.33. The molecule has 0 fully saturated rings. The standard InChI is InChI=1S/C28H26F3N3O4/c1-17(16-18(26(32)37)6-15-25(35)36)27-33-23-4-2-3-5-24(23)34(27)20-9-13-22(14-10-20)38-21-11-7-19(8-12-21)28(29,30)31/h2-5,7-14,17-18H,6,15-16H2,1H3,(H2,32,37)(H,35,36). The summed E-state index contributed by atoms with van der Waals surface area (Å²) in [6.45, 7) is 1.91. The van der Waals surface area contributed by atoms with Crippen LogP contribution in [0.15, 0.2) is 72.8 Å². The third kappa shape index (κ3) is 6.13. The molecule has 1 amide bonds. The van der Waals surface area contributed by atoms with Crippen molar-refractivity contribution in [2.45, 2.75) is 38.3 Å². The number of carbonyl (C=O) groups is 2. The summed E-state index contributed by atoms with van der Waals surface area (Å²) in [5.74, 6) is -0.989. The van der Waals surface area contributed by atoms with E-state index in [4.69, 9.17) is 20.6 Å². The van der Waals surface area contributed by atoms with E-state index in [0.717, 1.165) is 28.9 Å². The molecule has 198 valence electrons. The number of halogens is 3. The molecule has 1 aromatic heterocycles. The Kier molecular flexibility index (Phi) is 7.70. The topological polar surface area (TPSA) is 107 Å². The molecule has 0 aliphatic rings. The van der Waals surface area contributed by atoms with Gasteiger partial charge in [0.1, 0.15) is 17.3 Å². The van der Waals surface area contributed by atoms with Crippen LogP contribution >= 0.6 is 0 Å². The molecule has 7 nitrogen and oxygen atoms in total. The molecule has 1 heterocycles. The van der Waals surface area contributed by atoms with Gasteiger partial charge in [-0.2, -0.15) is 13.2 Å². The van der Waals surface area contributed by atoms with Crippen molar-refractivity contribution in [3.63, 3.8) is 0 Å². The summed E-state index contributed by atoms with van der Waals surface area (Å²) in [6, 6.07) is 19.0. The lowest BCUT2D eigenvalue weighted by Gasteiger charge is -2.19. The fourth-order valence-electron chi connectivity index (χ4n) is 4.36. The number of rotatable bonds is 10. The fraction of sp³-hybridized carbons (Fsp3) is 0.250. The molecule has 0 aliphatic heterocycles. The molecule has 0 bridgehead atoms. The lowest BCUT2D eigenvalue weighted by Crippen LogP contribution is -2.26. The van der Waals surface area contributed by atoms with Crippen molar-refractivity contribution < 1.29 is 32.6 Å². The number of ether oxygens (including phenoxy) is 1. The van der Waals surface area contributed by atoms with Crippen LogP contribution in [0.5, 0.6) is 11.5 Å². The molecule has 4 rings (SSSR count). The van der Waals surface area contributed by atoms with E-state index in [2.05, 4.69) is 0 Å². The van der Waals surface area contributed by atoms with Gasteiger partial charge in [-0.25, -0.2) is 4.98 Å². The minimum atomic E-state index is -4.42. The van der Waals surface area contributed by atoms with Crippen LogP contribution in [0, 0.1) is 5.92 Å². The maximum atomic E-state index is 12.8. The number of hydrogen-bond acceptors (Lipinski definition) is 4. The number of carboxylic acids is 1. The SMILES string of the molecule is CC(CC(CCC(=O)O)C(N)=O)c1nc2ccccc2n1-c1ccc(Oc2ccc(C(F)(F)F)cc2)cc1. The number of aliphatic carboxylic acids is 1. The molecule has 0 saturated carbocycles. The molecule has 3 N–H and O–H groups in total. The third-order valence-corrected chi connectivity index (χ3v) is 6.29. The summed E-state index contributed by atoms with van der Waals surface area (Å²) in [5.41, 5.74) is 7.16. The van der Waals surface area contributed by atoms with Gasteiger partial charge in [0.05, 0.1) is 16.6 Å². The molecule has 0 radical (unpaired) electrons. The minimum Gasteiger partial charge on any atom is -0.481 e. The number of nitrogens with zero attached hydrogens (tertiary/aromatic N) is 2. The van der Waals surface area contributed by atoms with Gasteiger partial charge in [0.15, 0.2) is 0 Å². The van der Waals surface area contributed by atoms with Gasteiger partial charge in [0.2, 0.25) is 5.91 Å². The summed E-state index contributed by atoms with van der Waals surface area (Å²) >= 11 is 0. The molecule has 2 atom stereocenters. The Labute approximate surface area is 216 Å². The molecule has 10 heteroatoms. The van der Waals surface area contributed by atoms with Crippen molar-refractivity contribution in [1.82, 2.24) is 9.55 Å². The smallest absolute Gasteiger partial charge is 0.416 e. The molecular weight excluding hydrogens is 499 g/mol. The van der Waals surface area contributed by atoms with Crippen LogP contribution < -0.4 is 10.5 Å². The summed E-state index contributed by atoms with van der Waals surface area (Å²) in [5, 5.41) is 9.02. The van der Waals surface area contributed by atoms with Crippen LogP contribution in [0.2, 0.25) is 0 Å². The van der Waals surface area contributed by atoms with Crippen molar-refractivity contribution in [2.75, 3.05) is 0 Å². The van der Waals surface area contributed by atoms with Crippen LogP contribution in [-0.2, 0) is 15.8 Å². The highest BCUT2D eigenvalue weighted by molar-refractivity contribution is 5.79. The predicted octanol–water partition coefficient (Wildman–Crippen LogP) is 6.30. The monoisotopic (exact) mass is 525 g/mol. The van der Waals surface area contributed by atoms with E-state index in [1.807, 2.05) is 35.8 Å². The summed E-state index contributed by atoms with van der Waals surface area (Å²) in [7, 11) is 0. The number of fused-ring (bicyclic) bond motifs is 1. The number of amides is 1. The summed E-state index contributed by atoms with van der Waals surface area (Å²) in [4.78, 5) is 27.8. The fourth-order valence-corrected chi connectivity index (χ4v) is 4.36. The summed E-state index contributed by atoms with van der Waals surface area (Å²) < 4.78 is 46.1. The van der Waals surface area contributed by atoms with Crippen LogP contribution in [0.1, 0.15) is 43.5 Å². The van der Waals surface area contributed by atoms with Gasteiger partial charge in [-0.15, -0.1) is 0 Å². The zero-order valence-corrected chi connectivity index (χ0v) is 20.5. The number of primary amides is 1. The average Bonchev–Trinajstić information content (AvgIpc) is 3.26. The highest BCUT2D eigenvalue weighted by atomic mass is 19.4. The normalized spacial score (nSPS) is 13.3.